The van der Waals surface area contributed by atoms with Gasteiger partial charge in [0.25, 0.3) is 0 Å². The molecule has 1 N–H and O–H groups in total. The minimum absolute atomic E-state index is 0.331. The SMILES string of the molecule is CCC(O)(Cc1ccc2c(c1)CCC2)c1ccccc1F. The summed E-state index contributed by atoms with van der Waals surface area (Å²) in [6, 6.07) is 13.0. The summed E-state index contributed by atoms with van der Waals surface area (Å²) < 4.78 is 14.0. The Morgan fingerprint density at radius 3 is 2.62 bits per heavy atom. The summed E-state index contributed by atoms with van der Waals surface area (Å²) in [6.45, 7) is 1.90. The molecule has 0 amide bonds. The summed E-state index contributed by atoms with van der Waals surface area (Å²) in [7, 11) is 0. The monoisotopic (exact) mass is 284 g/mol. The van der Waals surface area contributed by atoms with Crippen molar-refractivity contribution in [2.45, 2.75) is 44.6 Å². The molecule has 1 aliphatic rings. The van der Waals surface area contributed by atoms with E-state index in [1.54, 1.807) is 18.2 Å². The highest BCUT2D eigenvalue weighted by Crippen LogP contribution is 2.32. The second-order valence-electron chi connectivity index (χ2n) is 6.00. The van der Waals surface area contributed by atoms with Crippen LogP contribution in [0.15, 0.2) is 42.5 Å². The van der Waals surface area contributed by atoms with Crippen molar-refractivity contribution in [2.24, 2.45) is 0 Å². The third-order valence-electron chi connectivity index (χ3n) is 4.62. The number of hydrogen-bond donors (Lipinski definition) is 1. The number of rotatable bonds is 4. The van der Waals surface area contributed by atoms with Gasteiger partial charge in [-0.25, -0.2) is 4.39 Å². The van der Waals surface area contributed by atoms with Gasteiger partial charge in [0.2, 0.25) is 0 Å². The van der Waals surface area contributed by atoms with E-state index in [9.17, 15) is 9.50 Å². The van der Waals surface area contributed by atoms with Crippen molar-refractivity contribution in [1.29, 1.82) is 0 Å². The quantitative estimate of drug-likeness (QED) is 0.894. The fourth-order valence-electron chi connectivity index (χ4n) is 3.32. The third-order valence-corrected chi connectivity index (χ3v) is 4.62. The first-order valence-electron chi connectivity index (χ1n) is 7.70. The largest absolute Gasteiger partial charge is 0.385 e. The van der Waals surface area contributed by atoms with Crippen molar-refractivity contribution >= 4 is 0 Å². The summed E-state index contributed by atoms with van der Waals surface area (Å²) in [5.74, 6) is -0.331. The van der Waals surface area contributed by atoms with Crippen LogP contribution in [0.4, 0.5) is 4.39 Å². The lowest BCUT2D eigenvalue weighted by Crippen LogP contribution is -2.29. The van der Waals surface area contributed by atoms with Crippen LogP contribution in [0.25, 0.3) is 0 Å². The van der Waals surface area contributed by atoms with Crippen LogP contribution in [-0.4, -0.2) is 5.11 Å². The molecule has 110 valence electrons. The van der Waals surface area contributed by atoms with Crippen LogP contribution in [0.3, 0.4) is 0 Å². The highest BCUT2D eigenvalue weighted by Gasteiger charge is 2.30. The Morgan fingerprint density at radius 1 is 1.10 bits per heavy atom. The summed E-state index contributed by atoms with van der Waals surface area (Å²) in [5, 5.41) is 10.9. The number of aliphatic hydroxyl groups is 1. The molecule has 1 nitrogen and oxygen atoms in total. The first kappa shape index (κ1) is 14.3. The molecule has 3 rings (SSSR count). The minimum Gasteiger partial charge on any atom is -0.385 e. The fourth-order valence-corrected chi connectivity index (χ4v) is 3.32. The maximum Gasteiger partial charge on any atom is 0.129 e. The average molecular weight is 284 g/mol. The second kappa shape index (κ2) is 5.61. The first-order valence-corrected chi connectivity index (χ1v) is 7.70. The van der Waals surface area contributed by atoms with Gasteiger partial charge in [0.15, 0.2) is 0 Å². The molecule has 0 heterocycles. The molecule has 0 aromatic heterocycles. The lowest BCUT2D eigenvalue weighted by molar-refractivity contribution is 0.0291. The Labute approximate surface area is 125 Å². The molecule has 0 radical (unpaired) electrons. The van der Waals surface area contributed by atoms with Crippen LogP contribution < -0.4 is 0 Å². The van der Waals surface area contributed by atoms with Crippen molar-refractivity contribution in [2.75, 3.05) is 0 Å². The normalized spacial score (nSPS) is 16.5. The summed E-state index contributed by atoms with van der Waals surface area (Å²) in [5.41, 5.74) is 3.15. The molecule has 2 heteroatoms. The van der Waals surface area contributed by atoms with Gasteiger partial charge in [0, 0.05) is 12.0 Å². The van der Waals surface area contributed by atoms with Crippen LogP contribution in [0.5, 0.6) is 0 Å². The van der Waals surface area contributed by atoms with Gasteiger partial charge in [-0.3, -0.25) is 0 Å². The maximum absolute atomic E-state index is 14.0. The maximum atomic E-state index is 14.0. The van der Waals surface area contributed by atoms with E-state index in [4.69, 9.17) is 0 Å². The van der Waals surface area contributed by atoms with E-state index >= 15 is 0 Å². The van der Waals surface area contributed by atoms with Gasteiger partial charge in [-0.05, 0) is 48.4 Å². The van der Waals surface area contributed by atoms with Crippen LogP contribution in [0, 0.1) is 5.82 Å². The van der Waals surface area contributed by atoms with Gasteiger partial charge >= 0.3 is 0 Å². The predicted molar refractivity (Wildman–Crippen MR) is 82.8 cm³/mol. The van der Waals surface area contributed by atoms with E-state index < -0.39 is 5.60 Å². The van der Waals surface area contributed by atoms with Gasteiger partial charge in [0.05, 0.1) is 5.60 Å². The molecule has 1 atom stereocenters. The number of benzene rings is 2. The van der Waals surface area contributed by atoms with E-state index in [1.807, 2.05) is 6.92 Å². The Bertz CT molecular complexity index is 650. The first-order chi connectivity index (χ1) is 10.1. The van der Waals surface area contributed by atoms with Crippen LogP contribution in [0.1, 0.15) is 42.0 Å². The third kappa shape index (κ3) is 2.73. The molecule has 2 aromatic carbocycles. The van der Waals surface area contributed by atoms with E-state index in [0.717, 1.165) is 18.4 Å². The molecule has 21 heavy (non-hydrogen) atoms. The zero-order chi connectivity index (χ0) is 14.9. The van der Waals surface area contributed by atoms with E-state index in [2.05, 4.69) is 18.2 Å². The molecule has 0 fully saturated rings. The van der Waals surface area contributed by atoms with Crippen LogP contribution in [0.2, 0.25) is 0 Å². The van der Waals surface area contributed by atoms with Gasteiger partial charge in [-0.1, -0.05) is 43.3 Å². The van der Waals surface area contributed by atoms with Crippen molar-refractivity contribution in [3.05, 3.63) is 70.5 Å². The van der Waals surface area contributed by atoms with Gasteiger partial charge < -0.3 is 5.11 Å². The van der Waals surface area contributed by atoms with Crippen molar-refractivity contribution in [3.8, 4) is 0 Å². The number of halogens is 1. The molecule has 0 saturated heterocycles. The Kier molecular flexibility index (Phi) is 3.81. The average Bonchev–Trinajstić information content (AvgIpc) is 2.95. The van der Waals surface area contributed by atoms with E-state index in [-0.39, 0.29) is 5.82 Å². The fraction of sp³-hybridized carbons (Fsp3) is 0.368. The van der Waals surface area contributed by atoms with Gasteiger partial charge in [0.1, 0.15) is 5.82 Å². The topological polar surface area (TPSA) is 20.2 Å². The Morgan fingerprint density at radius 2 is 1.86 bits per heavy atom. The molecular formula is C19H21FO. The lowest BCUT2D eigenvalue weighted by Gasteiger charge is -2.28. The van der Waals surface area contributed by atoms with Crippen molar-refractivity contribution in [1.82, 2.24) is 0 Å². The zero-order valence-corrected chi connectivity index (χ0v) is 12.4. The Hall–Kier alpha value is -1.67. The summed E-state index contributed by atoms with van der Waals surface area (Å²) >= 11 is 0. The highest BCUT2D eigenvalue weighted by atomic mass is 19.1. The molecule has 1 aliphatic carbocycles. The summed E-state index contributed by atoms with van der Waals surface area (Å²) in [4.78, 5) is 0. The Balaban J connectivity index is 1.92. The van der Waals surface area contributed by atoms with Crippen LogP contribution >= 0.6 is 0 Å². The predicted octanol–water partition coefficient (Wildman–Crippen LogP) is 4.15. The number of hydrogen-bond acceptors (Lipinski definition) is 1. The molecule has 1 unspecified atom stereocenters. The van der Waals surface area contributed by atoms with Crippen molar-refractivity contribution < 1.29 is 9.50 Å². The number of fused-ring (bicyclic) bond motifs is 1. The molecule has 0 saturated carbocycles. The molecule has 0 spiro atoms. The standard InChI is InChI=1S/C19H21FO/c1-2-19(21,17-8-3-4-9-18(17)20)13-14-10-11-15-6-5-7-16(15)12-14/h3-4,8-12,21H,2,5-7,13H2,1H3. The van der Waals surface area contributed by atoms with E-state index in [0.29, 0.717) is 18.4 Å². The van der Waals surface area contributed by atoms with Gasteiger partial charge in [-0.15, -0.1) is 0 Å². The molecule has 2 aromatic rings. The van der Waals surface area contributed by atoms with Gasteiger partial charge in [-0.2, -0.15) is 0 Å². The van der Waals surface area contributed by atoms with E-state index in [1.165, 1.54) is 23.6 Å². The molecular weight excluding hydrogens is 263 g/mol. The summed E-state index contributed by atoms with van der Waals surface area (Å²) in [6.07, 6.45) is 4.43. The minimum atomic E-state index is -1.14. The zero-order valence-electron chi connectivity index (χ0n) is 12.4. The smallest absolute Gasteiger partial charge is 0.129 e. The highest BCUT2D eigenvalue weighted by molar-refractivity contribution is 5.37. The van der Waals surface area contributed by atoms with Crippen LogP contribution in [-0.2, 0) is 24.9 Å². The second-order valence-corrected chi connectivity index (χ2v) is 6.00. The van der Waals surface area contributed by atoms with Crippen molar-refractivity contribution in [3.63, 3.8) is 0 Å². The lowest BCUT2D eigenvalue weighted by atomic mass is 9.84. The molecule has 0 aliphatic heterocycles. The number of aryl methyl sites for hydroxylation is 2. The molecule has 0 bridgehead atoms.